The van der Waals surface area contributed by atoms with E-state index >= 15 is 0 Å². The van der Waals surface area contributed by atoms with E-state index in [1.807, 2.05) is 0 Å². The summed E-state index contributed by atoms with van der Waals surface area (Å²) in [6.45, 7) is 7.21. The summed E-state index contributed by atoms with van der Waals surface area (Å²) in [5.41, 5.74) is 7.35. The molecule has 2 N–H and O–H groups in total. The minimum Gasteiger partial charge on any atom is -0.324 e. The van der Waals surface area contributed by atoms with E-state index in [2.05, 4.69) is 20.8 Å². The average Bonchev–Trinajstić information content (AvgIpc) is 2.23. The highest BCUT2D eigenvalue weighted by atomic mass is 14.8. The lowest BCUT2D eigenvalue weighted by Crippen LogP contribution is -2.60. The molecule has 2 aliphatic carbocycles. The van der Waals surface area contributed by atoms with E-state index in [0.29, 0.717) is 5.41 Å². The second kappa shape index (κ2) is 4.33. The van der Waals surface area contributed by atoms with Gasteiger partial charge in [0.05, 0.1) is 0 Å². The lowest BCUT2D eigenvalue weighted by Gasteiger charge is -2.54. The van der Waals surface area contributed by atoms with Gasteiger partial charge in [-0.05, 0) is 42.9 Å². The summed E-state index contributed by atoms with van der Waals surface area (Å²) in [5.74, 6) is 1.73. The standard InChI is InChI=1S/C15H29N/c1-12-6-8-13(9-7-12)15(16)11-5-4-10-14(15,2)3/h12-13H,4-11,16H2,1-3H3. The number of hydrogen-bond acceptors (Lipinski definition) is 1. The molecule has 1 atom stereocenters. The molecule has 0 radical (unpaired) electrons. The first-order valence-corrected chi connectivity index (χ1v) is 7.24. The second-order valence-electron chi connectivity index (χ2n) is 7.09. The van der Waals surface area contributed by atoms with E-state index in [1.165, 1.54) is 51.4 Å². The minimum absolute atomic E-state index is 0.130. The molecule has 0 saturated heterocycles. The van der Waals surface area contributed by atoms with Crippen molar-refractivity contribution in [2.24, 2.45) is 23.0 Å². The van der Waals surface area contributed by atoms with Crippen molar-refractivity contribution < 1.29 is 0 Å². The zero-order valence-corrected chi connectivity index (χ0v) is 11.4. The lowest BCUT2D eigenvalue weighted by atomic mass is 9.55. The number of hydrogen-bond donors (Lipinski definition) is 1. The van der Waals surface area contributed by atoms with Crippen LogP contribution in [0.4, 0.5) is 0 Å². The third-order valence-electron chi connectivity index (χ3n) is 5.65. The monoisotopic (exact) mass is 223 g/mol. The minimum atomic E-state index is 0.130. The normalized spacial score (nSPS) is 44.2. The Labute approximate surface area is 101 Å². The van der Waals surface area contributed by atoms with Gasteiger partial charge in [0.1, 0.15) is 0 Å². The van der Waals surface area contributed by atoms with Gasteiger partial charge in [0.25, 0.3) is 0 Å². The van der Waals surface area contributed by atoms with E-state index in [1.54, 1.807) is 0 Å². The highest BCUT2D eigenvalue weighted by molar-refractivity contribution is 5.05. The van der Waals surface area contributed by atoms with Crippen LogP contribution < -0.4 is 5.73 Å². The van der Waals surface area contributed by atoms with Crippen LogP contribution in [0.1, 0.15) is 72.1 Å². The molecular weight excluding hydrogens is 194 g/mol. The molecule has 2 rings (SSSR count). The van der Waals surface area contributed by atoms with Gasteiger partial charge < -0.3 is 5.73 Å². The van der Waals surface area contributed by atoms with Crippen molar-refractivity contribution in [2.75, 3.05) is 0 Å². The fraction of sp³-hybridized carbons (Fsp3) is 1.00. The molecule has 94 valence electrons. The van der Waals surface area contributed by atoms with Crippen molar-refractivity contribution in [1.29, 1.82) is 0 Å². The zero-order chi connectivity index (χ0) is 11.8. The summed E-state index contributed by atoms with van der Waals surface area (Å²) < 4.78 is 0. The Kier molecular flexibility index (Phi) is 3.36. The van der Waals surface area contributed by atoms with Gasteiger partial charge in [-0.1, -0.05) is 46.5 Å². The molecule has 2 aliphatic rings. The van der Waals surface area contributed by atoms with Crippen LogP contribution in [-0.4, -0.2) is 5.54 Å². The maximum absolute atomic E-state index is 6.86. The summed E-state index contributed by atoms with van der Waals surface area (Å²) in [4.78, 5) is 0. The predicted molar refractivity (Wildman–Crippen MR) is 70.3 cm³/mol. The largest absolute Gasteiger partial charge is 0.324 e. The molecule has 0 aromatic carbocycles. The van der Waals surface area contributed by atoms with Crippen molar-refractivity contribution in [3.05, 3.63) is 0 Å². The topological polar surface area (TPSA) is 26.0 Å². The van der Waals surface area contributed by atoms with Gasteiger partial charge in [-0.25, -0.2) is 0 Å². The van der Waals surface area contributed by atoms with Crippen molar-refractivity contribution in [3.63, 3.8) is 0 Å². The highest BCUT2D eigenvalue weighted by Crippen LogP contribution is 2.50. The summed E-state index contributed by atoms with van der Waals surface area (Å²) in [5, 5.41) is 0. The average molecular weight is 223 g/mol. The molecule has 0 amide bonds. The Hall–Kier alpha value is -0.0400. The Bertz CT molecular complexity index is 238. The highest BCUT2D eigenvalue weighted by Gasteiger charge is 2.48. The third kappa shape index (κ3) is 2.03. The molecule has 2 fully saturated rings. The van der Waals surface area contributed by atoms with Crippen LogP contribution >= 0.6 is 0 Å². The SMILES string of the molecule is CC1CCC(C2(N)CCCCC2(C)C)CC1. The Balaban J connectivity index is 2.10. The molecule has 0 spiro atoms. The van der Waals surface area contributed by atoms with E-state index in [4.69, 9.17) is 5.73 Å². The van der Waals surface area contributed by atoms with Gasteiger partial charge in [0, 0.05) is 5.54 Å². The maximum Gasteiger partial charge on any atom is 0.0234 e. The van der Waals surface area contributed by atoms with Gasteiger partial charge in [0.2, 0.25) is 0 Å². The molecule has 0 aromatic rings. The molecule has 16 heavy (non-hydrogen) atoms. The second-order valence-corrected chi connectivity index (χ2v) is 7.09. The van der Waals surface area contributed by atoms with Gasteiger partial charge in [-0.3, -0.25) is 0 Å². The predicted octanol–water partition coefficient (Wildman–Crippen LogP) is 4.11. The van der Waals surface area contributed by atoms with Crippen molar-refractivity contribution in [2.45, 2.75) is 77.7 Å². The summed E-state index contributed by atoms with van der Waals surface area (Å²) in [7, 11) is 0. The van der Waals surface area contributed by atoms with E-state index in [0.717, 1.165) is 11.8 Å². The van der Waals surface area contributed by atoms with E-state index < -0.39 is 0 Å². The molecule has 1 heteroatoms. The van der Waals surface area contributed by atoms with Crippen LogP contribution in [0.2, 0.25) is 0 Å². The maximum atomic E-state index is 6.86. The van der Waals surface area contributed by atoms with E-state index in [-0.39, 0.29) is 5.54 Å². The molecular formula is C15H29N. The third-order valence-corrected chi connectivity index (χ3v) is 5.65. The van der Waals surface area contributed by atoms with Gasteiger partial charge in [-0.2, -0.15) is 0 Å². The first kappa shape index (κ1) is 12.4. The van der Waals surface area contributed by atoms with Gasteiger partial charge in [0.15, 0.2) is 0 Å². The molecule has 1 unspecified atom stereocenters. The van der Waals surface area contributed by atoms with E-state index in [9.17, 15) is 0 Å². The molecule has 0 aliphatic heterocycles. The van der Waals surface area contributed by atoms with Crippen LogP contribution in [0.15, 0.2) is 0 Å². The quantitative estimate of drug-likeness (QED) is 0.711. The summed E-state index contributed by atoms with van der Waals surface area (Å²) in [6.07, 6.45) is 10.9. The summed E-state index contributed by atoms with van der Waals surface area (Å²) in [6, 6.07) is 0. The Morgan fingerprint density at radius 2 is 1.50 bits per heavy atom. The molecule has 0 bridgehead atoms. The Morgan fingerprint density at radius 1 is 0.938 bits per heavy atom. The van der Waals surface area contributed by atoms with Gasteiger partial charge in [-0.15, -0.1) is 0 Å². The fourth-order valence-electron chi connectivity index (χ4n) is 4.09. The van der Waals surface area contributed by atoms with Crippen LogP contribution in [0.3, 0.4) is 0 Å². The van der Waals surface area contributed by atoms with Gasteiger partial charge >= 0.3 is 0 Å². The molecule has 0 heterocycles. The number of rotatable bonds is 1. The van der Waals surface area contributed by atoms with Crippen molar-refractivity contribution >= 4 is 0 Å². The van der Waals surface area contributed by atoms with Crippen LogP contribution in [0, 0.1) is 17.3 Å². The molecule has 1 nitrogen and oxygen atoms in total. The van der Waals surface area contributed by atoms with Crippen LogP contribution in [-0.2, 0) is 0 Å². The summed E-state index contributed by atoms with van der Waals surface area (Å²) >= 11 is 0. The lowest BCUT2D eigenvalue weighted by molar-refractivity contribution is 0.0215. The first-order valence-electron chi connectivity index (χ1n) is 7.24. The number of nitrogens with two attached hydrogens (primary N) is 1. The zero-order valence-electron chi connectivity index (χ0n) is 11.4. The first-order chi connectivity index (χ1) is 7.46. The van der Waals surface area contributed by atoms with Crippen LogP contribution in [0.25, 0.3) is 0 Å². The molecule has 0 aromatic heterocycles. The van der Waals surface area contributed by atoms with Crippen molar-refractivity contribution in [3.8, 4) is 0 Å². The van der Waals surface area contributed by atoms with Crippen molar-refractivity contribution in [1.82, 2.24) is 0 Å². The molecule has 2 saturated carbocycles. The fourth-order valence-corrected chi connectivity index (χ4v) is 4.09. The Morgan fingerprint density at radius 3 is 2.06 bits per heavy atom. The van der Waals surface area contributed by atoms with Crippen LogP contribution in [0.5, 0.6) is 0 Å². The smallest absolute Gasteiger partial charge is 0.0234 e.